The van der Waals surface area contributed by atoms with Crippen molar-refractivity contribution in [2.24, 2.45) is 11.8 Å². The minimum Gasteiger partial charge on any atom is -0.342 e. The van der Waals surface area contributed by atoms with Crippen LogP contribution in [0.5, 0.6) is 0 Å². The first-order valence-electron chi connectivity index (χ1n) is 9.21. The molecule has 4 rings (SSSR count). The van der Waals surface area contributed by atoms with Gasteiger partial charge < -0.3 is 10.2 Å². The van der Waals surface area contributed by atoms with E-state index in [0.29, 0.717) is 18.8 Å². The Bertz CT molecular complexity index is 784. The smallest absolute Gasteiger partial charge is 0.229 e. The summed E-state index contributed by atoms with van der Waals surface area (Å²) in [6.45, 7) is 1.87. The average molecular weight is 353 g/mol. The Morgan fingerprint density at radius 2 is 2.08 bits per heavy atom. The van der Waals surface area contributed by atoms with E-state index in [-0.39, 0.29) is 23.7 Å². The highest BCUT2D eigenvalue weighted by molar-refractivity contribution is 5.93. The van der Waals surface area contributed by atoms with Crippen molar-refractivity contribution < 1.29 is 9.59 Å². The fraction of sp³-hybridized carbons (Fsp3) is 0.474. The van der Waals surface area contributed by atoms with Crippen LogP contribution in [-0.4, -0.2) is 44.6 Å². The standard InChI is InChI=1S/C19H23N5O2/c25-18(15-4-3-9-23(11-15)19(26)14-6-7-14)22-17-10-21-24(13-17)12-16-5-1-2-8-20-16/h1-2,5,8,10,13-15H,3-4,6-7,9,11-12H2,(H,22,25). The molecule has 1 N–H and O–H groups in total. The molecule has 0 radical (unpaired) electrons. The number of piperidine rings is 1. The van der Waals surface area contributed by atoms with Gasteiger partial charge in [0.2, 0.25) is 11.8 Å². The highest BCUT2D eigenvalue weighted by atomic mass is 16.2. The molecule has 2 aliphatic rings. The van der Waals surface area contributed by atoms with Crippen LogP contribution in [0.1, 0.15) is 31.4 Å². The number of pyridine rings is 1. The van der Waals surface area contributed by atoms with E-state index in [9.17, 15) is 9.59 Å². The van der Waals surface area contributed by atoms with Gasteiger partial charge in [-0.05, 0) is 37.8 Å². The third-order valence-corrected chi connectivity index (χ3v) is 4.98. The van der Waals surface area contributed by atoms with Gasteiger partial charge in [-0.25, -0.2) is 0 Å². The van der Waals surface area contributed by atoms with E-state index in [2.05, 4.69) is 15.4 Å². The fourth-order valence-corrected chi connectivity index (χ4v) is 3.40. The van der Waals surface area contributed by atoms with Crippen molar-refractivity contribution in [3.63, 3.8) is 0 Å². The van der Waals surface area contributed by atoms with E-state index in [1.807, 2.05) is 29.3 Å². The molecule has 1 aliphatic heterocycles. The minimum absolute atomic E-state index is 0.0318. The molecule has 2 fully saturated rings. The SMILES string of the molecule is O=C(Nc1cnn(Cc2ccccn2)c1)C1CCCN(C(=O)C2CC2)C1. The topological polar surface area (TPSA) is 80.1 Å². The summed E-state index contributed by atoms with van der Waals surface area (Å²) in [5.74, 6) is 0.258. The first-order chi connectivity index (χ1) is 12.7. The number of aromatic nitrogens is 3. The summed E-state index contributed by atoms with van der Waals surface area (Å²) in [7, 11) is 0. The summed E-state index contributed by atoms with van der Waals surface area (Å²) in [6.07, 6.45) is 8.92. The second kappa shape index (κ2) is 7.27. The van der Waals surface area contributed by atoms with Gasteiger partial charge in [0.15, 0.2) is 0 Å². The molecule has 136 valence electrons. The summed E-state index contributed by atoms with van der Waals surface area (Å²) in [5, 5.41) is 7.22. The van der Waals surface area contributed by atoms with Crippen LogP contribution >= 0.6 is 0 Å². The average Bonchev–Trinajstić information content (AvgIpc) is 3.43. The fourth-order valence-electron chi connectivity index (χ4n) is 3.40. The Balaban J connectivity index is 1.33. The first kappa shape index (κ1) is 16.8. The third kappa shape index (κ3) is 3.92. The lowest BCUT2D eigenvalue weighted by Crippen LogP contribution is -2.44. The van der Waals surface area contributed by atoms with Crippen molar-refractivity contribution in [3.05, 3.63) is 42.5 Å². The highest BCUT2D eigenvalue weighted by Gasteiger charge is 2.36. The van der Waals surface area contributed by atoms with Gasteiger partial charge in [0.05, 0.1) is 30.0 Å². The number of nitrogens with one attached hydrogen (secondary N) is 1. The van der Waals surface area contributed by atoms with Gasteiger partial charge in [-0.1, -0.05) is 6.07 Å². The number of anilines is 1. The maximum atomic E-state index is 12.6. The molecular formula is C19H23N5O2. The number of hydrogen-bond acceptors (Lipinski definition) is 4. The molecule has 0 bridgehead atoms. The molecule has 1 atom stereocenters. The van der Waals surface area contributed by atoms with Crippen molar-refractivity contribution in [1.29, 1.82) is 0 Å². The van der Waals surface area contributed by atoms with Gasteiger partial charge in [0.1, 0.15) is 0 Å². The zero-order valence-electron chi connectivity index (χ0n) is 14.7. The number of carbonyl (C=O) groups excluding carboxylic acids is 2. The van der Waals surface area contributed by atoms with E-state index >= 15 is 0 Å². The zero-order valence-corrected chi connectivity index (χ0v) is 14.7. The molecule has 1 unspecified atom stereocenters. The summed E-state index contributed by atoms with van der Waals surface area (Å²) in [5.41, 5.74) is 1.59. The molecule has 26 heavy (non-hydrogen) atoms. The maximum absolute atomic E-state index is 12.6. The van der Waals surface area contributed by atoms with Crippen LogP contribution in [0.25, 0.3) is 0 Å². The summed E-state index contributed by atoms with van der Waals surface area (Å²) >= 11 is 0. The van der Waals surface area contributed by atoms with Crippen LogP contribution in [0.15, 0.2) is 36.8 Å². The van der Waals surface area contributed by atoms with Crippen LogP contribution in [-0.2, 0) is 16.1 Å². The maximum Gasteiger partial charge on any atom is 0.229 e. The quantitative estimate of drug-likeness (QED) is 0.890. The number of nitrogens with zero attached hydrogens (tertiary/aromatic N) is 4. The molecule has 7 heteroatoms. The van der Waals surface area contributed by atoms with Gasteiger partial charge in [-0.15, -0.1) is 0 Å². The van der Waals surface area contributed by atoms with Gasteiger partial charge in [-0.2, -0.15) is 5.10 Å². The monoisotopic (exact) mass is 353 g/mol. The number of hydrogen-bond donors (Lipinski definition) is 1. The normalized spacial score (nSPS) is 20.0. The van der Waals surface area contributed by atoms with Crippen LogP contribution in [0, 0.1) is 11.8 Å². The van der Waals surface area contributed by atoms with Crippen LogP contribution < -0.4 is 5.32 Å². The Hall–Kier alpha value is -2.70. The predicted octanol–water partition coefficient (Wildman–Crippen LogP) is 1.91. The first-order valence-corrected chi connectivity index (χ1v) is 9.21. The van der Waals surface area contributed by atoms with Crippen molar-refractivity contribution in [2.45, 2.75) is 32.2 Å². The lowest BCUT2D eigenvalue weighted by Gasteiger charge is -2.32. The lowest BCUT2D eigenvalue weighted by molar-refractivity contribution is -0.135. The molecule has 1 aliphatic carbocycles. The van der Waals surface area contributed by atoms with Gasteiger partial charge >= 0.3 is 0 Å². The summed E-state index contributed by atoms with van der Waals surface area (Å²) in [4.78, 5) is 31.0. The largest absolute Gasteiger partial charge is 0.342 e. The molecule has 2 aromatic rings. The lowest BCUT2D eigenvalue weighted by atomic mass is 9.96. The van der Waals surface area contributed by atoms with Crippen LogP contribution in [0.2, 0.25) is 0 Å². The van der Waals surface area contributed by atoms with Crippen molar-refractivity contribution in [2.75, 3.05) is 18.4 Å². The second-order valence-electron chi connectivity index (χ2n) is 7.13. The van der Waals surface area contributed by atoms with Gasteiger partial charge in [0, 0.05) is 31.4 Å². The number of likely N-dealkylation sites (tertiary alicyclic amines) is 1. The van der Waals surface area contributed by atoms with Gasteiger partial charge in [-0.3, -0.25) is 19.3 Å². The van der Waals surface area contributed by atoms with E-state index in [0.717, 1.165) is 37.9 Å². The Morgan fingerprint density at radius 1 is 1.19 bits per heavy atom. The van der Waals surface area contributed by atoms with Gasteiger partial charge in [0.25, 0.3) is 0 Å². The van der Waals surface area contributed by atoms with Crippen LogP contribution in [0.4, 0.5) is 5.69 Å². The number of amides is 2. The van der Waals surface area contributed by atoms with E-state index < -0.39 is 0 Å². The molecule has 2 amide bonds. The Labute approximate surface area is 152 Å². The Morgan fingerprint density at radius 3 is 2.85 bits per heavy atom. The highest BCUT2D eigenvalue weighted by Crippen LogP contribution is 2.32. The summed E-state index contributed by atoms with van der Waals surface area (Å²) in [6, 6.07) is 5.75. The molecule has 7 nitrogen and oxygen atoms in total. The molecule has 0 aromatic carbocycles. The van der Waals surface area contributed by atoms with E-state index in [4.69, 9.17) is 0 Å². The predicted molar refractivity (Wildman–Crippen MR) is 96.2 cm³/mol. The third-order valence-electron chi connectivity index (χ3n) is 4.98. The van der Waals surface area contributed by atoms with Crippen molar-refractivity contribution in [1.82, 2.24) is 19.7 Å². The Kier molecular flexibility index (Phi) is 4.69. The summed E-state index contributed by atoms with van der Waals surface area (Å²) < 4.78 is 1.75. The van der Waals surface area contributed by atoms with E-state index in [1.165, 1.54) is 0 Å². The van der Waals surface area contributed by atoms with E-state index in [1.54, 1.807) is 17.1 Å². The van der Waals surface area contributed by atoms with Crippen LogP contribution in [0.3, 0.4) is 0 Å². The second-order valence-corrected chi connectivity index (χ2v) is 7.13. The zero-order chi connectivity index (χ0) is 17.9. The van der Waals surface area contributed by atoms with Crippen molar-refractivity contribution in [3.8, 4) is 0 Å². The number of rotatable bonds is 5. The van der Waals surface area contributed by atoms with Crippen molar-refractivity contribution >= 4 is 17.5 Å². The molecular weight excluding hydrogens is 330 g/mol. The molecule has 0 spiro atoms. The molecule has 3 heterocycles. The molecule has 1 saturated heterocycles. The molecule has 1 saturated carbocycles. The number of carbonyl (C=O) groups is 2. The molecule has 2 aromatic heterocycles. The minimum atomic E-state index is -0.148.